The second-order valence-corrected chi connectivity index (χ2v) is 9.15. The van der Waals surface area contributed by atoms with Gasteiger partial charge in [0.2, 0.25) is 5.91 Å². The summed E-state index contributed by atoms with van der Waals surface area (Å²) in [6, 6.07) is 7.17. The quantitative estimate of drug-likeness (QED) is 0.618. The standard InChI is InChI=1S/C23H26N2O5S/c1-30-17-11-5-4-10-16(17)24-21(27)19-15-9-6-12-18(15)31-22(19)25-20(26)13-7-2-3-8-14(13)23(28)29/h4-5,10-11,13-14H,2-3,6-9,12H2,1H3,(H,24,27)(H,25,26)(H,28,29)/t13-,14+/m0/s1. The van der Waals surface area contributed by atoms with Gasteiger partial charge in [-0.2, -0.15) is 0 Å². The first-order valence-corrected chi connectivity index (χ1v) is 11.4. The predicted molar refractivity (Wildman–Crippen MR) is 119 cm³/mol. The summed E-state index contributed by atoms with van der Waals surface area (Å²) in [6.07, 6.45) is 5.37. The first kappa shape index (κ1) is 21.4. The smallest absolute Gasteiger partial charge is 0.307 e. The van der Waals surface area contributed by atoms with Crippen molar-refractivity contribution in [2.45, 2.75) is 44.9 Å². The molecule has 31 heavy (non-hydrogen) atoms. The van der Waals surface area contributed by atoms with Crippen LogP contribution in [0, 0.1) is 11.8 Å². The molecule has 1 fully saturated rings. The number of rotatable bonds is 6. The molecule has 2 aromatic rings. The summed E-state index contributed by atoms with van der Waals surface area (Å²) in [6.45, 7) is 0. The Bertz CT molecular complexity index is 1020. The molecule has 0 unspecified atom stereocenters. The van der Waals surface area contributed by atoms with Crippen LogP contribution in [0.4, 0.5) is 10.7 Å². The number of carboxylic acids is 1. The van der Waals surface area contributed by atoms with Crippen molar-refractivity contribution in [2.24, 2.45) is 11.8 Å². The number of hydrogen-bond acceptors (Lipinski definition) is 5. The highest BCUT2D eigenvalue weighted by atomic mass is 32.1. The molecule has 2 atom stereocenters. The molecule has 2 aliphatic rings. The molecule has 164 valence electrons. The second-order valence-electron chi connectivity index (χ2n) is 8.04. The number of methoxy groups -OCH3 is 1. The Kier molecular flexibility index (Phi) is 6.27. The van der Waals surface area contributed by atoms with Gasteiger partial charge in [-0.3, -0.25) is 14.4 Å². The molecule has 0 aliphatic heterocycles. The van der Waals surface area contributed by atoms with Crippen LogP contribution >= 0.6 is 11.3 Å². The molecular formula is C23H26N2O5S. The molecular weight excluding hydrogens is 416 g/mol. The minimum atomic E-state index is -0.928. The van der Waals surface area contributed by atoms with E-state index in [2.05, 4.69) is 10.6 Å². The third kappa shape index (κ3) is 4.30. The second kappa shape index (κ2) is 9.09. The summed E-state index contributed by atoms with van der Waals surface area (Å²) >= 11 is 1.43. The van der Waals surface area contributed by atoms with Crippen LogP contribution in [0.5, 0.6) is 5.75 Å². The zero-order valence-electron chi connectivity index (χ0n) is 17.4. The van der Waals surface area contributed by atoms with Crippen LogP contribution in [-0.4, -0.2) is 30.0 Å². The lowest BCUT2D eigenvalue weighted by Crippen LogP contribution is -2.36. The topological polar surface area (TPSA) is 105 Å². The van der Waals surface area contributed by atoms with Crippen molar-refractivity contribution >= 4 is 39.8 Å². The molecule has 1 aromatic carbocycles. The summed E-state index contributed by atoms with van der Waals surface area (Å²) in [5.41, 5.74) is 2.02. The van der Waals surface area contributed by atoms with Crippen LogP contribution < -0.4 is 15.4 Å². The molecule has 1 heterocycles. The lowest BCUT2D eigenvalue weighted by molar-refractivity contribution is -0.147. The number of amides is 2. The molecule has 4 rings (SSSR count). The van der Waals surface area contributed by atoms with Crippen molar-refractivity contribution in [3.63, 3.8) is 0 Å². The highest BCUT2D eigenvalue weighted by Crippen LogP contribution is 2.41. The number of benzene rings is 1. The van der Waals surface area contributed by atoms with E-state index in [1.54, 1.807) is 19.2 Å². The monoisotopic (exact) mass is 442 g/mol. The van der Waals surface area contributed by atoms with E-state index >= 15 is 0 Å². The number of carboxylic acid groups (broad SMARTS) is 1. The van der Waals surface area contributed by atoms with Crippen molar-refractivity contribution in [3.8, 4) is 5.75 Å². The van der Waals surface area contributed by atoms with E-state index in [-0.39, 0.29) is 11.8 Å². The molecule has 0 spiro atoms. The molecule has 3 N–H and O–H groups in total. The van der Waals surface area contributed by atoms with Crippen molar-refractivity contribution in [2.75, 3.05) is 17.7 Å². The Labute approximate surface area is 184 Å². The normalized spacial score (nSPS) is 20.0. The van der Waals surface area contributed by atoms with Gasteiger partial charge in [0.05, 0.1) is 30.2 Å². The third-order valence-corrected chi connectivity index (χ3v) is 7.37. The van der Waals surface area contributed by atoms with Gasteiger partial charge in [0.15, 0.2) is 0 Å². The van der Waals surface area contributed by atoms with E-state index in [0.717, 1.165) is 42.5 Å². The van der Waals surface area contributed by atoms with E-state index in [1.807, 2.05) is 12.1 Å². The summed E-state index contributed by atoms with van der Waals surface area (Å²) in [5.74, 6) is -2.22. The van der Waals surface area contributed by atoms with Gasteiger partial charge in [-0.1, -0.05) is 25.0 Å². The number of thiophene rings is 1. The molecule has 2 amide bonds. The zero-order valence-corrected chi connectivity index (χ0v) is 18.2. The lowest BCUT2D eigenvalue weighted by atomic mass is 9.79. The fraction of sp³-hybridized carbons (Fsp3) is 0.435. The van der Waals surface area contributed by atoms with E-state index in [9.17, 15) is 19.5 Å². The molecule has 0 radical (unpaired) electrons. The lowest BCUT2D eigenvalue weighted by Gasteiger charge is -2.27. The first-order chi connectivity index (χ1) is 15.0. The van der Waals surface area contributed by atoms with E-state index in [4.69, 9.17) is 4.74 Å². The number of carbonyl (C=O) groups excluding carboxylic acids is 2. The minimum absolute atomic E-state index is 0.294. The fourth-order valence-corrected chi connectivity index (χ4v) is 5.90. The maximum absolute atomic E-state index is 13.2. The number of aryl methyl sites for hydroxylation is 1. The average Bonchev–Trinajstić information content (AvgIpc) is 3.34. The summed E-state index contributed by atoms with van der Waals surface area (Å²) in [7, 11) is 1.54. The Balaban J connectivity index is 1.60. The van der Waals surface area contributed by atoms with Gasteiger partial charge in [-0.15, -0.1) is 11.3 Å². The zero-order chi connectivity index (χ0) is 22.0. The van der Waals surface area contributed by atoms with Crippen LogP contribution in [0.1, 0.15) is 52.9 Å². The molecule has 0 saturated heterocycles. The van der Waals surface area contributed by atoms with Gasteiger partial charge >= 0.3 is 5.97 Å². The SMILES string of the molecule is COc1ccccc1NC(=O)c1c(NC(=O)[C@H]2CCCC[C@H]2C(=O)O)sc2c1CCC2. The predicted octanol–water partition coefficient (Wildman–Crippen LogP) is 4.33. The van der Waals surface area contributed by atoms with Crippen LogP contribution in [0.3, 0.4) is 0 Å². The van der Waals surface area contributed by atoms with E-state index < -0.39 is 17.8 Å². The Morgan fingerprint density at radius 1 is 1.03 bits per heavy atom. The van der Waals surface area contributed by atoms with Crippen molar-refractivity contribution < 1.29 is 24.2 Å². The maximum atomic E-state index is 13.2. The number of nitrogens with one attached hydrogen (secondary N) is 2. The number of aliphatic carboxylic acids is 1. The number of para-hydroxylation sites is 2. The summed E-state index contributed by atoms with van der Waals surface area (Å²) in [4.78, 5) is 39.0. The number of hydrogen-bond donors (Lipinski definition) is 3. The molecule has 2 aliphatic carbocycles. The highest BCUT2D eigenvalue weighted by Gasteiger charge is 2.37. The Morgan fingerprint density at radius 2 is 1.77 bits per heavy atom. The largest absolute Gasteiger partial charge is 0.495 e. The molecule has 8 heteroatoms. The van der Waals surface area contributed by atoms with Crippen LogP contribution in [0.2, 0.25) is 0 Å². The molecule has 1 aromatic heterocycles. The van der Waals surface area contributed by atoms with E-state index in [1.165, 1.54) is 11.3 Å². The van der Waals surface area contributed by atoms with Crippen LogP contribution in [-0.2, 0) is 22.4 Å². The van der Waals surface area contributed by atoms with Crippen LogP contribution in [0.15, 0.2) is 24.3 Å². The Morgan fingerprint density at radius 3 is 2.52 bits per heavy atom. The van der Waals surface area contributed by atoms with Gasteiger partial charge in [-0.05, 0) is 49.8 Å². The third-order valence-electron chi connectivity index (χ3n) is 6.16. The minimum Gasteiger partial charge on any atom is -0.495 e. The summed E-state index contributed by atoms with van der Waals surface area (Å²) < 4.78 is 5.33. The van der Waals surface area contributed by atoms with Gasteiger partial charge < -0.3 is 20.5 Å². The van der Waals surface area contributed by atoms with E-state index in [0.29, 0.717) is 34.8 Å². The maximum Gasteiger partial charge on any atom is 0.307 e. The van der Waals surface area contributed by atoms with Crippen molar-refractivity contribution in [1.82, 2.24) is 0 Å². The number of ether oxygens (including phenoxy) is 1. The number of carbonyl (C=O) groups is 3. The van der Waals surface area contributed by atoms with Crippen LogP contribution in [0.25, 0.3) is 0 Å². The fourth-order valence-electron chi connectivity index (χ4n) is 4.61. The molecule has 0 bridgehead atoms. The van der Waals surface area contributed by atoms with Gasteiger partial charge in [0.1, 0.15) is 10.8 Å². The molecule has 7 nitrogen and oxygen atoms in total. The van der Waals surface area contributed by atoms with Crippen molar-refractivity contribution in [3.05, 3.63) is 40.3 Å². The van der Waals surface area contributed by atoms with Gasteiger partial charge in [-0.25, -0.2) is 0 Å². The van der Waals surface area contributed by atoms with Gasteiger partial charge in [0, 0.05) is 4.88 Å². The Hall–Kier alpha value is -2.87. The number of fused-ring (bicyclic) bond motifs is 1. The molecule has 1 saturated carbocycles. The first-order valence-electron chi connectivity index (χ1n) is 10.6. The van der Waals surface area contributed by atoms with Crippen molar-refractivity contribution in [1.29, 1.82) is 0 Å². The number of anilines is 2. The average molecular weight is 443 g/mol. The van der Waals surface area contributed by atoms with Gasteiger partial charge in [0.25, 0.3) is 5.91 Å². The summed E-state index contributed by atoms with van der Waals surface area (Å²) in [5, 5.41) is 15.9. The highest BCUT2D eigenvalue weighted by molar-refractivity contribution is 7.17.